The van der Waals surface area contributed by atoms with Gasteiger partial charge in [0.2, 0.25) is 0 Å². The molecule has 0 aromatic carbocycles. The second-order valence-electron chi connectivity index (χ2n) is 5.76. The number of hydrogen-bond donors (Lipinski definition) is 0. The summed E-state index contributed by atoms with van der Waals surface area (Å²) in [5.41, 5.74) is 0. The Morgan fingerprint density at radius 2 is 1.62 bits per heavy atom. The average molecular weight is 309 g/mol. The molecule has 0 fully saturated rings. The molecule has 0 saturated carbocycles. The van der Waals surface area contributed by atoms with Crippen LogP contribution in [0.25, 0.3) is 0 Å². The van der Waals surface area contributed by atoms with E-state index in [9.17, 15) is 0 Å². The first kappa shape index (κ1) is 18.1. The predicted molar refractivity (Wildman–Crippen MR) is 88.9 cm³/mol. The average Bonchev–Trinajstić information content (AvgIpc) is 2.83. The van der Waals surface area contributed by atoms with Crippen molar-refractivity contribution in [3.8, 4) is 5.40 Å². The Balaban J connectivity index is 2.03. The first-order valence-corrected chi connectivity index (χ1v) is 9.22. The minimum atomic E-state index is 1.03. The molecule has 118 valence electrons. The second-order valence-corrected chi connectivity index (χ2v) is 6.51. The van der Waals surface area contributed by atoms with E-state index in [-0.39, 0.29) is 0 Å². The van der Waals surface area contributed by atoms with Crippen molar-refractivity contribution in [3.63, 3.8) is 0 Å². The monoisotopic (exact) mass is 308 g/mol. The third-order valence-corrected chi connectivity index (χ3v) is 4.70. The van der Waals surface area contributed by atoms with Crippen LogP contribution in [-0.2, 0) is 13.6 Å². The number of aryl methyl sites for hydroxylation is 2. The van der Waals surface area contributed by atoms with Gasteiger partial charge in [-0.3, -0.25) is 0 Å². The van der Waals surface area contributed by atoms with Gasteiger partial charge in [0.15, 0.2) is 0 Å². The summed E-state index contributed by atoms with van der Waals surface area (Å²) in [4.78, 5) is 0. The first-order valence-electron chi connectivity index (χ1n) is 8.40. The van der Waals surface area contributed by atoms with E-state index >= 15 is 0 Å². The van der Waals surface area contributed by atoms with Gasteiger partial charge in [0, 0.05) is 0 Å². The molecule has 0 radical (unpaired) electrons. The molecule has 0 aliphatic heterocycles. The van der Waals surface area contributed by atoms with Crippen molar-refractivity contribution in [1.29, 1.82) is 5.26 Å². The van der Waals surface area contributed by atoms with Crippen molar-refractivity contribution in [2.45, 2.75) is 82.8 Å². The fourth-order valence-electron chi connectivity index (χ4n) is 2.62. The van der Waals surface area contributed by atoms with Crippen LogP contribution in [0.5, 0.6) is 0 Å². The summed E-state index contributed by atoms with van der Waals surface area (Å²) in [6, 6.07) is 0. The van der Waals surface area contributed by atoms with E-state index in [4.69, 9.17) is 5.26 Å². The molecule has 4 heteroatoms. The molecule has 0 N–H and O–H groups in total. The number of hydrogen-bond acceptors (Lipinski definition) is 2. The predicted octanol–water partition coefficient (Wildman–Crippen LogP) is 4.81. The van der Waals surface area contributed by atoms with Crippen LogP contribution in [0.4, 0.5) is 0 Å². The molecule has 1 rings (SSSR count). The second kappa shape index (κ2) is 11.7. The lowest BCUT2D eigenvalue weighted by atomic mass is 10.1. The Morgan fingerprint density at radius 1 is 1.05 bits per heavy atom. The van der Waals surface area contributed by atoms with Crippen molar-refractivity contribution >= 4 is 11.8 Å². The van der Waals surface area contributed by atoms with Gasteiger partial charge in [0.05, 0.1) is 25.4 Å². The Hall–Kier alpha value is -0.950. The van der Waals surface area contributed by atoms with Gasteiger partial charge in [-0.2, -0.15) is 5.26 Å². The van der Waals surface area contributed by atoms with Gasteiger partial charge in [0.1, 0.15) is 17.8 Å². The molecule has 0 spiro atoms. The zero-order valence-electron chi connectivity index (χ0n) is 13.7. The molecule has 0 aliphatic carbocycles. The molecule has 0 bridgehead atoms. The lowest BCUT2D eigenvalue weighted by molar-refractivity contribution is -0.709. The van der Waals surface area contributed by atoms with Crippen molar-refractivity contribution in [3.05, 3.63) is 12.4 Å². The maximum absolute atomic E-state index is 8.82. The van der Waals surface area contributed by atoms with Gasteiger partial charge >= 0.3 is 5.16 Å². The van der Waals surface area contributed by atoms with Crippen LogP contribution in [-0.4, -0.2) is 4.57 Å². The van der Waals surface area contributed by atoms with Gasteiger partial charge in [-0.1, -0.05) is 58.3 Å². The van der Waals surface area contributed by atoms with Gasteiger partial charge in [-0.05, 0) is 12.8 Å². The zero-order chi connectivity index (χ0) is 15.3. The van der Waals surface area contributed by atoms with E-state index in [1.807, 2.05) is 17.8 Å². The van der Waals surface area contributed by atoms with Crippen LogP contribution in [0, 0.1) is 10.7 Å². The van der Waals surface area contributed by atoms with E-state index in [0.29, 0.717) is 0 Å². The summed E-state index contributed by atoms with van der Waals surface area (Å²) in [5.74, 6) is 0. The summed E-state index contributed by atoms with van der Waals surface area (Å²) >= 11 is 1.25. The molecule has 21 heavy (non-hydrogen) atoms. The van der Waals surface area contributed by atoms with E-state index in [2.05, 4.69) is 23.1 Å². The number of unbranched alkanes of at least 4 members (excludes halogenated alkanes) is 9. The topological polar surface area (TPSA) is 32.6 Å². The van der Waals surface area contributed by atoms with Crippen molar-refractivity contribution in [1.82, 2.24) is 4.57 Å². The lowest BCUT2D eigenvalue weighted by Gasteiger charge is -2.02. The molecule has 0 atom stereocenters. The Kier molecular flexibility index (Phi) is 10.1. The summed E-state index contributed by atoms with van der Waals surface area (Å²) < 4.78 is 4.21. The number of nitriles is 1. The highest BCUT2D eigenvalue weighted by Gasteiger charge is 2.14. The molecule has 0 saturated heterocycles. The highest BCUT2D eigenvalue weighted by molar-refractivity contribution is 8.03. The molecule has 0 aliphatic rings. The first-order chi connectivity index (χ1) is 10.3. The van der Waals surface area contributed by atoms with Gasteiger partial charge < -0.3 is 0 Å². The van der Waals surface area contributed by atoms with E-state index in [0.717, 1.165) is 11.7 Å². The minimum Gasteiger partial charge on any atom is -0.226 e. The SMILES string of the molecule is CCCCCCCCCCCCn1cc[n+](C)c1SC#N. The van der Waals surface area contributed by atoms with Crippen LogP contribution in [0.1, 0.15) is 71.1 Å². The third kappa shape index (κ3) is 7.57. The number of thiocyanates is 1. The summed E-state index contributed by atoms with van der Waals surface area (Å²) in [7, 11) is 1.99. The zero-order valence-corrected chi connectivity index (χ0v) is 14.5. The molecular formula is C17H30N3S+. The maximum atomic E-state index is 8.82. The molecule has 0 unspecified atom stereocenters. The Bertz CT molecular complexity index is 420. The number of imidazole rings is 1. The van der Waals surface area contributed by atoms with E-state index < -0.39 is 0 Å². The summed E-state index contributed by atoms with van der Waals surface area (Å²) in [6.07, 6.45) is 17.7. The fourth-order valence-corrected chi connectivity index (χ4v) is 3.18. The van der Waals surface area contributed by atoms with E-state index in [1.54, 1.807) is 0 Å². The van der Waals surface area contributed by atoms with Gasteiger partial charge in [0.25, 0.3) is 0 Å². The minimum absolute atomic E-state index is 1.03. The van der Waals surface area contributed by atoms with Crippen molar-refractivity contribution < 1.29 is 4.57 Å². The van der Waals surface area contributed by atoms with Crippen LogP contribution in [0.3, 0.4) is 0 Å². The fraction of sp³-hybridized carbons (Fsp3) is 0.765. The lowest BCUT2D eigenvalue weighted by Crippen LogP contribution is -2.28. The number of rotatable bonds is 12. The molecule has 1 heterocycles. The number of aromatic nitrogens is 2. The smallest absolute Gasteiger partial charge is 0.226 e. The Morgan fingerprint density at radius 3 is 2.19 bits per heavy atom. The quantitative estimate of drug-likeness (QED) is 0.240. The largest absolute Gasteiger partial charge is 0.332 e. The van der Waals surface area contributed by atoms with E-state index in [1.165, 1.54) is 76.0 Å². The molecule has 1 aromatic heterocycles. The highest BCUT2D eigenvalue weighted by atomic mass is 32.2. The van der Waals surface area contributed by atoms with Gasteiger partial charge in [-0.15, -0.1) is 0 Å². The van der Waals surface area contributed by atoms with Gasteiger partial charge in [-0.25, -0.2) is 9.13 Å². The molecule has 1 aromatic rings. The van der Waals surface area contributed by atoms with Crippen LogP contribution >= 0.6 is 11.8 Å². The third-order valence-electron chi connectivity index (χ3n) is 3.91. The van der Waals surface area contributed by atoms with Crippen molar-refractivity contribution in [2.24, 2.45) is 7.05 Å². The molecule has 3 nitrogen and oxygen atoms in total. The number of thioether (sulfide) groups is 1. The normalized spacial score (nSPS) is 10.7. The molecular weight excluding hydrogens is 278 g/mol. The molecule has 0 amide bonds. The summed E-state index contributed by atoms with van der Waals surface area (Å²) in [6.45, 7) is 3.30. The van der Waals surface area contributed by atoms with Crippen molar-refractivity contribution in [2.75, 3.05) is 0 Å². The van der Waals surface area contributed by atoms with Crippen LogP contribution in [0.2, 0.25) is 0 Å². The van der Waals surface area contributed by atoms with Crippen LogP contribution < -0.4 is 4.57 Å². The maximum Gasteiger partial charge on any atom is 0.332 e. The van der Waals surface area contributed by atoms with Crippen LogP contribution in [0.15, 0.2) is 17.6 Å². The highest BCUT2D eigenvalue weighted by Crippen LogP contribution is 2.14. The summed E-state index contributed by atoms with van der Waals surface area (Å²) in [5, 5.41) is 12.0. The number of nitrogens with zero attached hydrogens (tertiary/aromatic N) is 3. The Labute approximate surface area is 134 Å². The standard InChI is InChI=1S/C17H30N3S/c1-3-4-5-6-7-8-9-10-11-12-13-20-15-14-19(2)17(20)21-16-18/h14-15H,3-13H2,1-2H3/q+1.